The van der Waals surface area contributed by atoms with Gasteiger partial charge in [0, 0.05) is 45.2 Å². The van der Waals surface area contributed by atoms with E-state index in [0.717, 1.165) is 37.7 Å². The van der Waals surface area contributed by atoms with Crippen molar-refractivity contribution in [2.45, 2.75) is 193 Å². The third kappa shape index (κ3) is 14.3. The molecule has 2 N–H and O–H groups in total. The topological polar surface area (TPSA) is 186 Å². The molecule has 384 valence electrons. The Labute approximate surface area is 407 Å². The molecule has 15 heteroatoms. The van der Waals surface area contributed by atoms with Crippen LogP contribution in [0.15, 0.2) is 47.6 Å². The van der Waals surface area contributed by atoms with Crippen LogP contribution in [0, 0.1) is 35.5 Å². The number of esters is 1. The minimum atomic E-state index is -3.59. The lowest BCUT2D eigenvalue weighted by molar-refractivity contribution is -0.264. The second-order valence-electron chi connectivity index (χ2n) is 21.1. The monoisotopic (exact) mass is 973 g/mol. The van der Waals surface area contributed by atoms with Crippen LogP contribution in [-0.4, -0.2) is 133 Å². The highest BCUT2D eigenvalue weighted by Crippen LogP contribution is 2.39. The molecular weight excluding hydrogens is 889 g/mol. The van der Waals surface area contributed by atoms with Crippen molar-refractivity contribution in [3.8, 4) is 0 Å². The number of ether oxygens (including phenoxy) is 4. The zero-order valence-corrected chi connectivity index (χ0v) is 43.3. The van der Waals surface area contributed by atoms with E-state index >= 15 is 0 Å². The number of nitrogens with zero attached hydrogens (tertiary/aromatic N) is 2. The number of fused-ring (bicyclic) bond motifs is 3. The maximum Gasteiger partial charge on any atom is 0.329 e. The molecule has 5 rings (SSSR count). The molecule has 5 aliphatic rings. The number of hydrogen-bond acceptors (Lipinski definition) is 12. The summed E-state index contributed by atoms with van der Waals surface area (Å²) < 4.78 is 52.3. The van der Waals surface area contributed by atoms with Gasteiger partial charge < -0.3 is 34.1 Å². The summed E-state index contributed by atoms with van der Waals surface area (Å²) in [7, 11) is -0.403. The fourth-order valence-corrected chi connectivity index (χ4v) is 13.2. The average Bonchev–Trinajstić information content (AvgIpc) is 3.67. The van der Waals surface area contributed by atoms with Crippen LogP contribution in [0.3, 0.4) is 0 Å². The number of carbonyl (C=O) groups excluding carboxylic acids is 4. The lowest BCUT2D eigenvalue weighted by Crippen LogP contribution is -2.61. The number of amides is 1. The number of Topliss-reactive ketones (excluding diaryl/α,β-unsaturated/α-hetero) is 2. The summed E-state index contributed by atoms with van der Waals surface area (Å²) in [6.07, 6.45) is 17.5. The Morgan fingerprint density at radius 1 is 0.809 bits per heavy atom. The fraction of sp³-hybridized carbons (Fsp3) is 0.774. The maximum atomic E-state index is 14.5. The van der Waals surface area contributed by atoms with Gasteiger partial charge in [-0.2, -0.15) is 4.31 Å². The van der Waals surface area contributed by atoms with Crippen molar-refractivity contribution in [2.75, 3.05) is 33.1 Å². The number of carbonyl (C=O) groups is 4. The van der Waals surface area contributed by atoms with Gasteiger partial charge in [0.1, 0.15) is 24.4 Å². The van der Waals surface area contributed by atoms with Crippen LogP contribution < -0.4 is 0 Å². The highest BCUT2D eigenvalue weighted by Gasteiger charge is 2.53. The minimum absolute atomic E-state index is 0.0115. The minimum Gasteiger partial charge on any atom is -0.461 e. The third-order valence-corrected chi connectivity index (χ3v) is 17.6. The zero-order valence-electron chi connectivity index (χ0n) is 42.5. The van der Waals surface area contributed by atoms with Gasteiger partial charge in [0.2, 0.25) is 15.8 Å². The molecule has 2 bridgehead atoms. The highest BCUT2D eigenvalue weighted by atomic mass is 32.2. The van der Waals surface area contributed by atoms with Crippen molar-refractivity contribution >= 4 is 33.5 Å². The van der Waals surface area contributed by atoms with E-state index in [1.165, 1.54) is 16.3 Å². The molecule has 4 fully saturated rings. The molecule has 0 aromatic heterocycles. The third-order valence-electron chi connectivity index (χ3n) is 15.6. The molecule has 68 heavy (non-hydrogen) atoms. The largest absolute Gasteiger partial charge is 0.461 e. The highest BCUT2D eigenvalue weighted by molar-refractivity contribution is 7.89. The molecule has 0 aromatic rings. The van der Waals surface area contributed by atoms with Gasteiger partial charge in [0.15, 0.2) is 5.78 Å². The molecule has 0 radical (unpaired) electrons. The Balaban J connectivity index is 1.48. The number of aliphatic hydroxyl groups is 2. The molecule has 1 saturated carbocycles. The Morgan fingerprint density at radius 3 is 2.25 bits per heavy atom. The molecule has 0 aromatic carbocycles. The van der Waals surface area contributed by atoms with E-state index in [1.54, 1.807) is 21.0 Å². The molecule has 14 nitrogen and oxygen atoms in total. The average molecular weight is 973 g/mol. The molecule has 1 aliphatic carbocycles. The van der Waals surface area contributed by atoms with Crippen LogP contribution in [0.25, 0.3) is 0 Å². The summed E-state index contributed by atoms with van der Waals surface area (Å²) in [4.78, 5) is 58.3. The SMILES string of the molecule is CO[C@H]1CCC[C@@H](C[C@@H](C)[C@@H]2CC[C@H](C)/C=C(\C)[C@@H](O)[C@@H](OC)C(=O)[C@H](C)C[C@H](C)/C=C/C=C/C=C(\C)C(N3CCCS3(=O)=O)C[C@@H]3CC[C@@H](C)[C@@](O)(O3)C(=O)C(=O)N3CCCC[C@H]3C(=O)O2)C1. The van der Waals surface area contributed by atoms with E-state index in [1.807, 2.05) is 64.2 Å². The van der Waals surface area contributed by atoms with Crippen molar-refractivity contribution in [3.63, 3.8) is 0 Å². The molecule has 4 aliphatic heterocycles. The standard InChI is InChI=1S/C53H84N2O12S/c1-34-17-11-10-12-18-36(3)45(55-27-16-28-68(55,62)63)33-43-24-23-40(7)53(61,67-43)50(58)51(59)54-26-14-13-21-44(54)52(60)66-46(37(4)31-41-19-15-20-42(32-41)64-8)25-22-35(2)30-39(6)48(57)49(65-9)47(56)38(5)29-34/h10-12,17-18,30,34-35,37-38,40-46,48-49,57,61H,13-16,19-29,31-33H2,1-9H3/b12-10+,17-11+,36-18+,39-30+/t34-,35+,37-,38-,40-,41+,42+,43+,44+,45?,46+,48-,49+,53-/m1/s1. The van der Waals surface area contributed by atoms with Gasteiger partial charge in [-0.3, -0.25) is 14.4 Å². The molecule has 3 saturated heterocycles. The number of rotatable bonds is 6. The van der Waals surface area contributed by atoms with Crippen molar-refractivity contribution < 1.29 is 56.8 Å². The van der Waals surface area contributed by atoms with Crippen LogP contribution >= 0.6 is 0 Å². The first-order chi connectivity index (χ1) is 32.2. The van der Waals surface area contributed by atoms with Gasteiger partial charge >= 0.3 is 5.97 Å². The number of allylic oxidation sites excluding steroid dienone is 6. The van der Waals surface area contributed by atoms with E-state index in [-0.39, 0.29) is 48.4 Å². The second kappa shape index (κ2) is 25.4. The van der Waals surface area contributed by atoms with Crippen LogP contribution in [0.2, 0.25) is 0 Å². The van der Waals surface area contributed by atoms with E-state index in [2.05, 4.69) is 6.92 Å². The molecule has 4 heterocycles. The lowest BCUT2D eigenvalue weighted by Gasteiger charge is -2.43. The first-order valence-electron chi connectivity index (χ1n) is 25.6. The maximum absolute atomic E-state index is 14.5. The van der Waals surface area contributed by atoms with E-state index in [9.17, 15) is 37.8 Å². The number of cyclic esters (lactones) is 1. The predicted octanol–water partition coefficient (Wildman–Crippen LogP) is 7.42. The summed E-state index contributed by atoms with van der Waals surface area (Å²) >= 11 is 0. The fourth-order valence-electron chi connectivity index (χ4n) is 11.4. The number of sulfonamides is 1. The van der Waals surface area contributed by atoms with Gasteiger partial charge in [-0.15, -0.1) is 0 Å². The summed E-state index contributed by atoms with van der Waals surface area (Å²) in [6.45, 7) is 13.8. The van der Waals surface area contributed by atoms with Gasteiger partial charge in [0.05, 0.1) is 18.0 Å². The van der Waals surface area contributed by atoms with Gasteiger partial charge in [-0.05, 0) is 127 Å². The number of piperidine rings is 1. The molecule has 1 amide bonds. The van der Waals surface area contributed by atoms with Crippen LogP contribution in [0.5, 0.6) is 0 Å². The van der Waals surface area contributed by atoms with Gasteiger partial charge in [-0.25, -0.2) is 13.2 Å². The quantitative estimate of drug-likeness (QED) is 0.153. The van der Waals surface area contributed by atoms with Crippen LogP contribution in [0.1, 0.15) is 145 Å². The molecular formula is C53H84N2O12S. The number of methoxy groups -OCH3 is 2. The van der Waals surface area contributed by atoms with Gasteiger partial charge in [0.25, 0.3) is 11.7 Å². The van der Waals surface area contributed by atoms with E-state index < -0.39 is 81.8 Å². The Morgan fingerprint density at radius 2 is 1.56 bits per heavy atom. The molecule has 0 spiro atoms. The Hall–Kier alpha value is -3.05. The molecule has 1 unspecified atom stereocenters. The first kappa shape index (κ1) is 55.9. The number of ketones is 2. The van der Waals surface area contributed by atoms with Crippen LogP contribution in [0.4, 0.5) is 0 Å². The number of aliphatic hydroxyl groups excluding tert-OH is 1. The summed E-state index contributed by atoms with van der Waals surface area (Å²) in [5, 5.41) is 23.6. The number of hydrogen-bond donors (Lipinski definition) is 2. The normalized spacial score (nSPS) is 40.2. The van der Waals surface area contributed by atoms with Crippen LogP contribution in [-0.2, 0) is 48.1 Å². The zero-order chi connectivity index (χ0) is 49.9. The summed E-state index contributed by atoms with van der Waals surface area (Å²) in [5.41, 5.74) is 1.35. The Kier molecular flexibility index (Phi) is 20.8. The summed E-state index contributed by atoms with van der Waals surface area (Å²) in [5.74, 6) is -6.25. The van der Waals surface area contributed by atoms with Crippen molar-refractivity contribution in [1.82, 2.24) is 9.21 Å². The first-order valence-corrected chi connectivity index (χ1v) is 27.2. The Bertz CT molecular complexity index is 1970. The lowest BCUT2D eigenvalue weighted by atomic mass is 9.79. The van der Waals surface area contributed by atoms with Crippen molar-refractivity contribution in [3.05, 3.63) is 47.6 Å². The smallest absolute Gasteiger partial charge is 0.329 e. The summed E-state index contributed by atoms with van der Waals surface area (Å²) in [6, 6.07) is -1.67. The van der Waals surface area contributed by atoms with Crippen molar-refractivity contribution in [1.29, 1.82) is 0 Å². The second-order valence-corrected chi connectivity index (χ2v) is 23.2. The van der Waals surface area contributed by atoms with E-state index in [0.29, 0.717) is 75.8 Å². The predicted molar refractivity (Wildman–Crippen MR) is 261 cm³/mol. The van der Waals surface area contributed by atoms with E-state index in [4.69, 9.17) is 18.9 Å². The molecule has 14 atom stereocenters. The van der Waals surface area contributed by atoms with Gasteiger partial charge in [-0.1, -0.05) is 89.5 Å². The van der Waals surface area contributed by atoms with Crippen molar-refractivity contribution in [2.24, 2.45) is 35.5 Å².